The fraction of sp³-hybridized carbons (Fsp3) is 0.0968. The van der Waals surface area contributed by atoms with Gasteiger partial charge in [-0.15, -0.1) is 0 Å². The summed E-state index contributed by atoms with van der Waals surface area (Å²) in [4.78, 5) is 7.85. The van der Waals surface area contributed by atoms with Gasteiger partial charge >= 0.3 is 0 Å². The minimum atomic E-state index is -0.217. The first-order chi connectivity index (χ1) is 18.7. The van der Waals surface area contributed by atoms with Gasteiger partial charge in [0.2, 0.25) is 0 Å². The van der Waals surface area contributed by atoms with Crippen LogP contribution in [-0.4, -0.2) is 10.1 Å². The maximum atomic E-state index is 6.41. The summed E-state index contributed by atoms with van der Waals surface area (Å²) in [7, 11) is 0. The van der Waals surface area contributed by atoms with Gasteiger partial charge in [0.1, 0.15) is 23.3 Å². The number of aromatic nitrogens is 1. The number of nitrogens with one attached hydrogen (secondary N) is 1. The second-order valence-electron chi connectivity index (χ2n) is 8.93. The van der Waals surface area contributed by atoms with Crippen molar-refractivity contribution in [1.29, 1.82) is 0 Å². The normalized spacial score (nSPS) is 16.9. The Morgan fingerprint density at radius 1 is 0.868 bits per heavy atom. The predicted molar refractivity (Wildman–Crippen MR) is 155 cm³/mol. The van der Waals surface area contributed by atoms with Crippen LogP contribution in [-0.2, 0) is 0 Å². The van der Waals surface area contributed by atoms with Crippen LogP contribution in [0.15, 0.2) is 130 Å². The van der Waals surface area contributed by atoms with E-state index in [-0.39, 0.29) is 12.1 Å². The van der Waals surface area contributed by atoms with Gasteiger partial charge in [0.25, 0.3) is 0 Å². The van der Waals surface area contributed by atoms with Gasteiger partial charge in [0.15, 0.2) is 10.2 Å². The molecule has 38 heavy (non-hydrogen) atoms. The van der Waals surface area contributed by atoms with Gasteiger partial charge in [-0.1, -0.05) is 54.2 Å². The van der Waals surface area contributed by atoms with E-state index >= 15 is 0 Å². The van der Waals surface area contributed by atoms with Crippen molar-refractivity contribution < 1.29 is 9.15 Å². The summed E-state index contributed by atoms with van der Waals surface area (Å²) in [5.74, 6) is 2.41. The van der Waals surface area contributed by atoms with Crippen molar-refractivity contribution in [3.63, 3.8) is 0 Å². The maximum absolute atomic E-state index is 6.41. The van der Waals surface area contributed by atoms with Gasteiger partial charge in [-0.2, -0.15) is 0 Å². The fourth-order valence-corrected chi connectivity index (χ4v) is 5.69. The standard InChI is InChI=1S/C31H25N3O2S2/c1-21-9-5-6-13-26(21)35-23-16-14-22(15-17-23)34-30(29(33-31(34)37)25-12-7-8-20-32-25)27-18-19-28(36-27)38-24-10-3-2-4-11-24/h2-20,29-30H,1H3,(H,33,37)/t29-,30+/m0/s1. The molecule has 0 unspecified atom stereocenters. The van der Waals surface area contributed by atoms with Crippen LogP contribution in [0, 0.1) is 6.92 Å². The van der Waals surface area contributed by atoms with Gasteiger partial charge in [0.05, 0.1) is 11.7 Å². The summed E-state index contributed by atoms with van der Waals surface area (Å²) in [6.45, 7) is 2.04. The first kappa shape index (κ1) is 24.3. The Balaban J connectivity index is 1.32. The predicted octanol–water partition coefficient (Wildman–Crippen LogP) is 8.10. The highest BCUT2D eigenvalue weighted by Crippen LogP contribution is 2.43. The molecule has 0 radical (unpaired) electrons. The molecule has 5 nitrogen and oxygen atoms in total. The van der Waals surface area contributed by atoms with Gasteiger partial charge in [-0.05, 0) is 91.4 Å². The molecule has 1 aliphatic rings. The molecule has 1 aliphatic heterocycles. The number of para-hydroxylation sites is 1. The monoisotopic (exact) mass is 535 g/mol. The lowest BCUT2D eigenvalue weighted by Gasteiger charge is -2.26. The number of hydrogen-bond acceptors (Lipinski definition) is 5. The van der Waals surface area contributed by atoms with Crippen molar-refractivity contribution in [3.05, 3.63) is 132 Å². The highest BCUT2D eigenvalue weighted by molar-refractivity contribution is 7.99. The Labute approximate surface area is 231 Å². The minimum absolute atomic E-state index is 0.174. The lowest BCUT2D eigenvalue weighted by atomic mass is 10.0. The lowest BCUT2D eigenvalue weighted by Crippen LogP contribution is -2.29. The van der Waals surface area contributed by atoms with E-state index in [1.54, 1.807) is 18.0 Å². The third kappa shape index (κ3) is 5.03. The molecule has 7 heteroatoms. The van der Waals surface area contributed by atoms with Crippen molar-refractivity contribution in [1.82, 2.24) is 10.3 Å². The molecule has 0 bridgehead atoms. The zero-order valence-corrected chi connectivity index (χ0v) is 22.3. The van der Waals surface area contributed by atoms with Crippen molar-refractivity contribution >= 4 is 34.8 Å². The van der Waals surface area contributed by atoms with E-state index in [9.17, 15) is 0 Å². The molecular formula is C31H25N3O2S2. The molecule has 1 N–H and O–H groups in total. The number of nitrogens with zero attached hydrogens (tertiary/aromatic N) is 2. The fourth-order valence-electron chi connectivity index (χ4n) is 4.55. The Kier molecular flexibility index (Phi) is 6.86. The number of hydrogen-bond donors (Lipinski definition) is 1. The summed E-state index contributed by atoms with van der Waals surface area (Å²) in [6, 6.07) is 35.7. The number of ether oxygens (including phenoxy) is 1. The summed E-state index contributed by atoms with van der Waals surface area (Å²) in [5, 5.41) is 4.93. The molecule has 0 aliphatic carbocycles. The summed E-state index contributed by atoms with van der Waals surface area (Å²) >= 11 is 7.45. The van der Waals surface area contributed by atoms with Crippen LogP contribution in [0.3, 0.4) is 0 Å². The number of anilines is 1. The lowest BCUT2D eigenvalue weighted by molar-refractivity contribution is 0.383. The van der Waals surface area contributed by atoms with Crippen molar-refractivity contribution in [2.24, 2.45) is 0 Å². The molecule has 0 spiro atoms. The molecule has 0 saturated carbocycles. The Bertz CT molecular complexity index is 1540. The van der Waals surface area contributed by atoms with E-state index in [2.05, 4.69) is 27.3 Å². The summed E-state index contributed by atoms with van der Waals surface area (Å²) < 4.78 is 12.5. The molecule has 5 aromatic rings. The smallest absolute Gasteiger partial charge is 0.174 e. The second-order valence-corrected chi connectivity index (χ2v) is 10.4. The number of furan rings is 1. The van der Waals surface area contributed by atoms with E-state index in [1.165, 1.54) is 0 Å². The second kappa shape index (κ2) is 10.7. The van der Waals surface area contributed by atoms with E-state index in [4.69, 9.17) is 21.4 Å². The van der Waals surface area contributed by atoms with Crippen LogP contribution in [0.5, 0.6) is 11.5 Å². The minimum Gasteiger partial charge on any atom is -0.457 e. The molecule has 188 valence electrons. The average molecular weight is 536 g/mol. The van der Waals surface area contributed by atoms with Crippen molar-refractivity contribution in [3.8, 4) is 11.5 Å². The van der Waals surface area contributed by atoms with Crippen LogP contribution in [0.4, 0.5) is 5.69 Å². The van der Waals surface area contributed by atoms with Gasteiger partial charge in [0, 0.05) is 16.8 Å². The van der Waals surface area contributed by atoms with Crippen LogP contribution >= 0.6 is 24.0 Å². The number of pyridine rings is 1. The SMILES string of the molecule is Cc1ccccc1Oc1ccc(N2C(=S)N[C@@H](c3ccccn3)[C@H]2c2ccc(Sc3ccccc3)o2)cc1. The average Bonchev–Trinajstić information content (AvgIpc) is 3.55. The van der Waals surface area contributed by atoms with Crippen molar-refractivity contribution in [2.75, 3.05) is 4.90 Å². The molecule has 6 rings (SSSR count). The number of aryl methyl sites for hydroxylation is 1. The molecule has 1 fully saturated rings. The molecule has 2 atom stereocenters. The first-order valence-electron chi connectivity index (χ1n) is 12.3. The Hall–Kier alpha value is -4.07. The first-order valence-corrected chi connectivity index (χ1v) is 13.5. The third-order valence-corrected chi connectivity index (χ3v) is 7.63. The summed E-state index contributed by atoms with van der Waals surface area (Å²) in [5.41, 5.74) is 2.93. The largest absolute Gasteiger partial charge is 0.457 e. The molecule has 3 aromatic carbocycles. The van der Waals surface area contributed by atoms with Crippen LogP contribution in [0.25, 0.3) is 0 Å². The molecule has 2 aromatic heterocycles. The highest BCUT2D eigenvalue weighted by Gasteiger charge is 2.42. The highest BCUT2D eigenvalue weighted by atomic mass is 32.2. The number of thiocarbonyl (C=S) groups is 1. The molecule has 1 saturated heterocycles. The van der Waals surface area contributed by atoms with Crippen molar-refractivity contribution in [2.45, 2.75) is 29.0 Å². The van der Waals surface area contributed by atoms with Gasteiger partial charge in [-0.25, -0.2) is 0 Å². The number of benzene rings is 3. The molecule has 0 amide bonds. The van der Waals surface area contributed by atoms with E-state index in [0.717, 1.165) is 44.2 Å². The van der Waals surface area contributed by atoms with Gasteiger partial charge in [-0.3, -0.25) is 4.98 Å². The molecular weight excluding hydrogens is 510 g/mol. The van der Waals surface area contributed by atoms with Crippen LogP contribution in [0.2, 0.25) is 0 Å². The van der Waals surface area contributed by atoms with Gasteiger partial charge < -0.3 is 19.4 Å². The van der Waals surface area contributed by atoms with E-state index in [0.29, 0.717) is 5.11 Å². The zero-order chi connectivity index (χ0) is 25.9. The quantitative estimate of drug-likeness (QED) is 0.211. The third-order valence-electron chi connectivity index (χ3n) is 6.39. The van der Waals surface area contributed by atoms with E-state index < -0.39 is 0 Å². The topological polar surface area (TPSA) is 50.5 Å². The Morgan fingerprint density at radius 2 is 1.63 bits per heavy atom. The van der Waals surface area contributed by atoms with Crippen LogP contribution < -0.4 is 15.0 Å². The Morgan fingerprint density at radius 3 is 2.39 bits per heavy atom. The zero-order valence-electron chi connectivity index (χ0n) is 20.7. The molecule has 3 heterocycles. The van der Waals surface area contributed by atoms with Crippen LogP contribution in [0.1, 0.15) is 29.1 Å². The summed E-state index contributed by atoms with van der Waals surface area (Å²) in [6.07, 6.45) is 1.80. The number of rotatable bonds is 7. The maximum Gasteiger partial charge on any atom is 0.174 e. The van der Waals surface area contributed by atoms with E-state index in [1.807, 2.05) is 104 Å².